The van der Waals surface area contributed by atoms with Crippen LogP contribution in [0.3, 0.4) is 0 Å². The molecule has 0 amide bonds. The monoisotopic (exact) mass is 205 g/mol. The van der Waals surface area contributed by atoms with Crippen molar-refractivity contribution in [1.82, 2.24) is 4.98 Å². The van der Waals surface area contributed by atoms with Gasteiger partial charge in [0.1, 0.15) is 11.1 Å². The van der Waals surface area contributed by atoms with Gasteiger partial charge in [0, 0.05) is 6.42 Å². The van der Waals surface area contributed by atoms with E-state index in [1.807, 2.05) is 6.92 Å². The van der Waals surface area contributed by atoms with Crippen molar-refractivity contribution >= 4 is 17.1 Å². The van der Waals surface area contributed by atoms with Crippen LogP contribution in [0.15, 0.2) is 22.6 Å². The molecule has 0 fully saturated rings. The first-order valence-corrected chi connectivity index (χ1v) is 4.84. The van der Waals surface area contributed by atoms with Gasteiger partial charge in [0.25, 0.3) is 0 Å². The van der Waals surface area contributed by atoms with Crippen LogP contribution in [0.2, 0.25) is 0 Å². The molecule has 0 unspecified atom stereocenters. The van der Waals surface area contributed by atoms with Crippen molar-refractivity contribution in [2.24, 2.45) is 0 Å². The number of aromatic nitrogens is 1. The lowest BCUT2D eigenvalue weighted by molar-refractivity contribution is 0.0698. The number of hydrogen-bond donors (Lipinski definition) is 1. The Morgan fingerprint density at radius 2 is 2.33 bits per heavy atom. The number of para-hydroxylation sites is 1. The Morgan fingerprint density at radius 3 is 3.00 bits per heavy atom. The molecular weight excluding hydrogens is 194 g/mol. The lowest BCUT2D eigenvalue weighted by Crippen LogP contribution is -1.95. The highest BCUT2D eigenvalue weighted by Gasteiger charge is 2.13. The van der Waals surface area contributed by atoms with E-state index < -0.39 is 5.97 Å². The first-order chi connectivity index (χ1) is 7.22. The summed E-state index contributed by atoms with van der Waals surface area (Å²) in [6.07, 6.45) is 1.66. The average molecular weight is 205 g/mol. The maximum absolute atomic E-state index is 10.9. The SMILES string of the molecule is CCCc1nc2cccc(C(=O)O)c2o1. The number of nitrogens with zero attached hydrogens (tertiary/aromatic N) is 1. The number of benzene rings is 1. The molecule has 0 aliphatic heterocycles. The number of aryl methyl sites for hydroxylation is 1. The summed E-state index contributed by atoms with van der Waals surface area (Å²) in [4.78, 5) is 15.1. The van der Waals surface area contributed by atoms with Crippen LogP contribution < -0.4 is 0 Å². The van der Waals surface area contributed by atoms with Crippen molar-refractivity contribution in [3.05, 3.63) is 29.7 Å². The fourth-order valence-electron chi connectivity index (χ4n) is 1.48. The Kier molecular flexibility index (Phi) is 2.41. The fraction of sp³-hybridized carbons (Fsp3) is 0.273. The molecule has 2 rings (SSSR count). The van der Waals surface area contributed by atoms with Crippen LogP contribution in [0, 0.1) is 0 Å². The molecule has 15 heavy (non-hydrogen) atoms. The van der Waals surface area contributed by atoms with Crippen LogP contribution in [0.1, 0.15) is 29.6 Å². The van der Waals surface area contributed by atoms with E-state index in [9.17, 15) is 4.79 Å². The molecule has 0 atom stereocenters. The predicted octanol–water partition coefficient (Wildman–Crippen LogP) is 2.48. The van der Waals surface area contributed by atoms with Gasteiger partial charge in [-0.25, -0.2) is 9.78 Å². The highest BCUT2D eigenvalue weighted by Crippen LogP contribution is 2.20. The van der Waals surface area contributed by atoms with Crippen molar-refractivity contribution in [2.75, 3.05) is 0 Å². The van der Waals surface area contributed by atoms with Gasteiger partial charge in [0.2, 0.25) is 0 Å². The van der Waals surface area contributed by atoms with Gasteiger partial charge in [0.05, 0.1) is 0 Å². The van der Waals surface area contributed by atoms with Crippen LogP contribution in [0.4, 0.5) is 0 Å². The Bertz CT molecular complexity index is 502. The Labute approximate surface area is 86.5 Å². The first kappa shape index (κ1) is 9.71. The zero-order valence-electron chi connectivity index (χ0n) is 8.36. The van der Waals surface area contributed by atoms with Crippen molar-refractivity contribution in [3.63, 3.8) is 0 Å². The molecule has 1 aromatic heterocycles. The van der Waals surface area contributed by atoms with Crippen LogP contribution in [-0.2, 0) is 6.42 Å². The normalized spacial score (nSPS) is 10.7. The molecule has 0 aliphatic carbocycles. The maximum Gasteiger partial charge on any atom is 0.339 e. The highest BCUT2D eigenvalue weighted by atomic mass is 16.4. The van der Waals surface area contributed by atoms with Gasteiger partial charge in [-0.3, -0.25) is 0 Å². The average Bonchev–Trinajstić information content (AvgIpc) is 2.59. The number of carboxylic acid groups (broad SMARTS) is 1. The largest absolute Gasteiger partial charge is 0.478 e. The van der Waals surface area contributed by atoms with E-state index in [-0.39, 0.29) is 5.56 Å². The maximum atomic E-state index is 10.9. The van der Waals surface area contributed by atoms with E-state index >= 15 is 0 Å². The molecule has 1 N–H and O–H groups in total. The number of carbonyl (C=O) groups is 1. The zero-order chi connectivity index (χ0) is 10.8. The number of fused-ring (bicyclic) bond motifs is 1. The lowest BCUT2D eigenvalue weighted by atomic mass is 10.2. The molecule has 2 aromatic rings. The lowest BCUT2D eigenvalue weighted by Gasteiger charge is -1.92. The fourth-order valence-corrected chi connectivity index (χ4v) is 1.48. The quantitative estimate of drug-likeness (QED) is 0.836. The van der Waals surface area contributed by atoms with Crippen molar-refractivity contribution < 1.29 is 14.3 Å². The van der Waals surface area contributed by atoms with E-state index in [0.717, 1.165) is 12.8 Å². The zero-order valence-corrected chi connectivity index (χ0v) is 8.36. The number of aromatic carboxylic acids is 1. The number of oxazole rings is 1. The van der Waals surface area contributed by atoms with E-state index in [1.165, 1.54) is 6.07 Å². The van der Waals surface area contributed by atoms with E-state index in [1.54, 1.807) is 12.1 Å². The second-order valence-corrected chi connectivity index (χ2v) is 3.32. The Morgan fingerprint density at radius 1 is 1.53 bits per heavy atom. The molecule has 0 aliphatic rings. The van der Waals surface area contributed by atoms with Gasteiger partial charge in [-0.2, -0.15) is 0 Å². The summed E-state index contributed by atoms with van der Waals surface area (Å²) in [5, 5.41) is 8.93. The van der Waals surface area contributed by atoms with Gasteiger partial charge in [-0.1, -0.05) is 13.0 Å². The minimum atomic E-state index is -0.986. The van der Waals surface area contributed by atoms with Crippen LogP contribution in [0.5, 0.6) is 0 Å². The van der Waals surface area contributed by atoms with E-state index in [4.69, 9.17) is 9.52 Å². The molecule has 4 nitrogen and oxygen atoms in total. The molecule has 1 heterocycles. The molecule has 0 saturated heterocycles. The third-order valence-corrected chi connectivity index (χ3v) is 2.15. The topological polar surface area (TPSA) is 63.3 Å². The van der Waals surface area contributed by atoms with Crippen molar-refractivity contribution in [3.8, 4) is 0 Å². The van der Waals surface area contributed by atoms with Gasteiger partial charge in [-0.05, 0) is 18.6 Å². The molecule has 78 valence electrons. The third kappa shape index (κ3) is 1.70. The summed E-state index contributed by atoms with van der Waals surface area (Å²) in [7, 11) is 0. The highest BCUT2D eigenvalue weighted by molar-refractivity contribution is 5.99. The van der Waals surface area contributed by atoms with Gasteiger partial charge < -0.3 is 9.52 Å². The molecule has 1 aromatic carbocycles. The molecule has 4 heteroatoms. The number of hydrogen-bond acceptors (Lipinski definition) is 3. The number of carboxylic acids is 1. The second-order valence-electron chi connectivity index (χ2n) is 3.32. The minimum Gasteiger partial charge on any atom is -0.478 e. The number of rotatable bonds is 3. The third-order valence-electron chi connectivity index (χ3n) is 2.15. The van der Waals surface area contributed by atoms with Crippen LogP contribution in [0.25, 0.3) is 11.1 Å². The van der Waals surface area contributed by atoms with E-state index in [0.29, 0.717) is 17.0 Å². The Balaban J connectivity index is 2.59. The predicted molar refractivity (Wildman–Crippen MR) is 55.0 cm³/mol. The standard InChI is InChI=1S/C11H11NO3/c1-2-4-9-12-8-6-3-5-7(11(13)14)10(8)15-9/h3,5-6H,2,4H2,1H3,(H,13,14). The molecule has 0 saturated carbocycles. The van der Waals surface area contributed by atoms with E-state index in [2.05, 4.69) is 4.98 Å². The summed E-state index contributed by atoms with van der Waals surface area (Å²) in [6.45, 7) is 2.02. The summed E-state index contributed by atoms with van der Waals surface area (Å²) in [5.41, 5.74) is 1.15. The summed E-state index contributed by atoms with van der Waals surface area (Å²) in [5.74, 6) is -0.388. The van der Waals surface area contributed by atoms with Crippen molar-refractivity contribution in [2.45, 2.75) is 19.8 Å². The minimum absolute atomic E-state index is 0.169. The van der Waals surface area contributed by atoms with Crippen LogP contribution in [-0.4, -0.2) is 16.1 Å². The molecular formula is C11H11NO3. The first-order valence-electron chi connectivity index (χ1n) is 4.84. The van der Waals surface area contributed by atoms with Gasteiger partial charge in [-0.15, -0.1) is 0 Å². The second kappa shape index (κ2) is 3.73. The summed E-state index contributed by atoms with van der Waals surface area (Å²) < 4.78 is 5.41. The smallest absolute Gasteiger partial charge is 0.339 e. The van der Waals surface area contributed by atoms with Gasteiger partial charge in [0.15, 0.2) is 11.5 Å². The summed E-state index contributed by atoms with van der Waals surface area (Å²) >= 11 is 0. The Hall–Kier alpha value is -1.84. The van der Waals surface area contributed by atoms with Crippen LogP contribution >= 0.6 is 0 Å². The molecule has 0 radical (unpaired) electrons. The molecule has 0 spiro atoms. The van der Waals surface area contributed by atoms with Gasteiger partial charge >= 0.3 is 5.97 Å². The summed E-state index contributed by atoms with van der Waals surface area (Å²) in [6, 6.07) is 4.94. The van der Waals surface area contributed by atoms with Crippen molar-refractivity contribution in [1.29, 1.82) is 0 Å². The molecule has 0 bridgehead atoms.